The lowest BCUT2D eigenvalue weighted by atomic mass is 10.2. The van der Waals surface area contributed by atoms with E-state index in [1.54, 1.807) is 4.90 Å². The second kappa shape index (κ2) is 7.47. The van der Waals surface area contributed by atoms with Crippen molar-refractivity contribution in [1.29, 1.82) is 0 Å². The zero-order chi connectivity index (χ0) is 15.1. The Morgan fingerprint density at radius 2 is 2.05 bits per heavy atom. The largest absolute Gasteiger partial charge is 0.478 e. The highest BCUT2D eigenvalue weighted by Crippen LogP contribution is 2.15. The van der Waals surface area contributed by atoms with Crippen LogP contribution in [0.1, 0.15) is 37.0 Å². The molecule has 1 aromatic carbocycles. The molecule has 110 valence electrons. The van der Waals surface area contributed by atoms with E-state index in [1.807, 2.05) is 13.8 Å². The molecule has 0 aliphatic carbocycles. The van der Waals surface area contributed by atoms with Crippen molar-refractivity contribution < 1.29 is 19.1 Å². The standard InChI is InChI=1S/C14H19FN2O3/c1-3-5-8-17(4-2)14(20)16-10-6-7-12(15)11(9-10)13(18)19/h6-7,9H,3-5,8H2,1-2H3,(H,16,20)(H,18,19). The predicted octanol–water partition coefficient (Wildman–Crippen LogP) is 3.18. The predicted molar refractivity (Wildman–Crippen MR) is 74.5 cm³/mol. The number of amides is 2. The highest BCUT2D eigenvalue weighted by Gasteiger charge is 2.14. The number of carbonyl (C=O) groups is 2. The van der Waals surface area contributed by atoms with Gasteiger partial charge in [0.25, 0.3) is 0 Å². The molecular weight excluding hydrogens is 263 g/mol. The van der Waals surface area contributed by atoms with E-state index in [-0.39, 0.29) is 11.7 Å². The molecule has 2 N–H and O–H groups in total. The molecule has 0 aliphatic heterocycles. The van der Waals surface area contributed by atoms with Gasteiger partial charge in [-0.05, 0) is 31.5 Å². The number of carboxylic acids is 1. The number of carbonyl (C=O) groups excluding carboxylic acids is 1. The first-order valence-electron chi connectivity index (χ1n) is 6.58. The molecular formula is C14H19FN2O3. The molecule has 0 spiro atoms. The number of benzene rings is 1. The van der Waals surface area contributed by atoms with Gasteiger partial charge in [0.05, 0.1) is 5.56 Å². The normalized spacial score (nSPS) is 10.2. The zero-order valence-corrected chi connectivity index (χ0v) is 11.6. The number of nitrogens with one attached hydrogen (secondary N) is 1. The lowest BCUT2D eigenvalue weighted by Gasteiger charge is -2.21. The van der Waals surface area contributed by atoms with Crippen LogP contribution in [-0.4, -0.2) is 35.1 Å². The van der Waals surface area contributed by atoms with Crippen molar-refractivity contribution >= 4 is 17.7 Å². The molecule has 0 fully saturated rings. The molecule has 0 saturated carbocycles. The van der Waals surface area contributed by atoms with E-state index in [9.17, 15) is 14.0 Å². The average Bonchev–Trinajstić information content (AvgIpc) is 2.41. The molecule has 0 aliphatic rings. The Labute approximate surface area is 117 Å². The summed E-state index contributed by atoms with van der Waals surface area (Å²) in [4.78, 5) is 24.4. The third-order valence-electron chi connectivity index (χ3n) is 2.90. The van der Waals surface area contributed by atoms with Gasteiger partial charge in [-0.3, -0.25) is 0 Å². The van der Waals surface area contributed by atoms with Crippen LogP contribution < -0.4 is 5.32 Å². The molecule has 0 radical (unpaired) electrons. The maximum atomic E-state index is 13.2. The van der Waals surface area contributed by atoms with Crippen LogP contribution in [0.3, 0.4) is 0 Å². The summed E-state index contributed by atoms with van der Waals surface area (Å²) in [7, 11) is 0. The summed E-state index contributed by atoms with van der Waals surface area (Å²) in [5.41, 5.74) is -0.192. The number of nitrogens with zero attached hydrogens (tertiary/aromatic N) is 1. The first-order valence-corrected chi connectivity index (χ1v) is 6.58. The molecule has 2 amide bonds. The van der Waals surface area contributed by atoms with E-state index in [2.05, 4.69) is 5.32 Å². The zero-order valence-electron chi connectivity index (χ0n) is 11.6. The number of aromatic carboxylic acids is 1. The molecule has 1 aromatic rings. The first-order chi connectivity index (χ1) is 9.49. The maximum Gasteiger partial charge on any atom is 0.338 e. The molecule has 0 heterocycles. The van der Waals surface area contributed by atoms with Gasteiger partial charge in [-0.15, -0.1) is 0 Å². The van der Waals surface area contributed by atoms with Gasteiger partial charge >= 0.3 is 12.0 Å². The first kappa shape index (κ1) is 15.9. The third kappa shape index (κ3) is 4.22. The SMILES string of the molecule is CCCCN(CC)C(=O)Nc1ccc(F)c(C(=O)O)c1. The molecule has 0 unspecified atom stereocenters. The summed E-state index contributed by atoms with van der Waals surface area (Å²) < 4.78 is 13.2. The fourth-order valence-electron chi connectivity index (χ4n) is 1.72. The Kier molecular flexibility index (Phi) is 5.96. The van der Waals surface area contributed by atoms with Crippen molar-refractivity contribution in [1.82, 2.24) is 4.90 Å². The number of anilines is 1. The van der Waals surface area contributed by atoms with E-state index in [0.29, 0.717) is 13.1 Å². The van der Waals surface area contributed by atoms with Gasteiger partial charge in [-0.2, -0.15) is 0 Å². The number of hydrogen-bond acceptors (Lipinski definition) is 2. The van der Waals surface area contributed by atoms with Gasteiger partial charge in [0.15, 0.2) is 0 Å². The second-order valence-corrected chi connectivity index (χ2v) is 4.36. The quantitative estimate of drug-likeness (QED) is 0.842. The van der Waals surface area contributed by atoms with Crippen molar-refractivity contribution in [2.24, 2.45) is 0 Å². The van der Waals surface area contributed by atoms with Gasteiger partial charge in [-0.1, -0.05) is 13.3 Å². The lowest BCUT2D eigenvalue weighted by molar-refractivity contribution is 0.0692. The summed E-state index contributed by atoms with van der Waals surface area (Å²) in [5.74, 6) is -2.19. The van der Waals surface area contributed by atoms with Crippen LogP contribution in [0.15, 0.2) is 18.2 Å². The van der Waals surface area contributed by atoms with Gasteiger partial charge in [-0.25, -0.2) is 14.0 Å². The van der Waals surface area contributed by atoms with Crippen LogP contribution >= 0.6 is 0 Å². The minimum atomic E-state index is -1.36. The van der Waals surface area contributed by atoms with Crippen LogP contribution in [0, 0.1) is 5.82 Å². The monoisotopic (exact) mass is 282 g/mol. The fourth-order valence-corrected chi connectivity index (χ4v) is 1.72. The molecule has 20 heavy (non-hydrogen) atoms. The number of halogens is 1. The topological polar surface area (TPSA) is 69.6 Å². The highest BCUT2D eigenvalue weighted by atomic mass is 19.1. The van der Waals surface area contributed by atoms with Crippen molar-refractivity contribution in [3.8, 4) is 0 Å². The maximum absolute atomic E-state index is 13.2. The summed E-state index contributed by atoms with van der Waals surface area (Å²) in [5, 5.41) is 11.4. The van der Waals surface area contributed by atoms with Gasteiger partial charge < -0.3 is 15.3 Å². The fraction of sp³-hybridized carbons (Fsp3) is 0.429. The van der Waals surface area contributed by atoms with E-state index >= 15 is 0 Å². The Morgan fingerprint density at radius 3 is 2.60 bits per heavy atom. The molecule has 0 bridgehead atoms. The molecule has 1 rings (SSSR count). The van der Waals surface area contributed by atoms with E-state index in [1.165, 1.54) is 6.07 Å². The van der Waals surface area contributed by atoms with E-state index < -0.39 is 17.3 Å². The molecule has 5 nitrogen and oxygen atoms in total. The highest BCUT2D eigenvalue weighted by molar-refractivity contribution is 5.93. The third-order valence-corrected chi connectivity index (χ3v) is 2.90. The molecule has 0 saturated heterocycles. The Hall–Kier alpha value is -2.11. The summed E-state index contributed by atoms with van der Waals surface area (Å²) in [6.07, 6.45) is 1.87. The van der Waals surface area contributed by atoms with E-state index in [4.69, 9.17) is 5.11 Å². The number of urea groups is 1. The molecule has 0 atom stereocenters. The van der Waals surface area contributed by atoms with Gasteiger partial charge in [0, 0.05) is 18.8 Å². The Morgan fingerprint density at radius 1 is 1.35 bits per heavy atom. The van der Waals surface area contributed by atoms with Crippen molar-refractivity contribution in [2.75, 3.05) is 18.4 Å². The van der Waals surface area contributed by atoms with Crippen LogP contribution in [0.4, 0.5) is 14.9 Å². The minimum Gasteiger partial charge on any atom is -0.478 e. The van der Waals surface area contributed by atoms with Crippen molar-refractivity contribution in [3.05, 3.63) is 29.6 Å². The smallest absolute Gasteiger partial charge is 0.338 e. The van der Waals surface area contributed by atoms with Crippen LogP contribution in [0.2, 0.25) is 0 Å². The average molecular weight is 282 g/mol. The van der Waals surface area contributed by atoms with Crippen LogP contribution in [0.5, 0.6) is 0 Å². The van der Waals surface area contributed by atoms with Gasteiger partial charge in [0.1, 0.15) is 5.82 Å². The lowest BCUT2D eigenvalue weighted by Crippen LogP contribution is -2.35. The van der Waals surface area contributed by atoms with Crippen molar-refractivity contribution in [2.45, 2.75) is 26.7 Å². The van der Waals surface area contributed by atoms with Crippen LogP contribution in [-0.2, 0) is 0 Å². The number of unbranched alkanes of at least 4 members (excludes halogenated alkanes) is 1. The second-order valence-electron chi connectivity index (χ2n) is 4.36. The number of hydrogen-bond donors (Lipinski definition) is 2. The minimum absolute atomic E-state index is 0.267. The summed E-state index contributed by atoms with van der Waals surface area (Å²) >= 11 is 0. The van der Waals surface area contributed by atoms with Gasteiger partial charge in [0.2, 0.25) is 0 Å². The van der Waals surface area contributed by atoms with E-state index in [0.717, 1.165) is 25.0 Å². The number of rotatable bonds is 6. The summed E-state index contributed by atoms with van der Waals surface area (Å²) in [6.45, 7) is 5.08. The van der Waals surface area contributed by atoms with Crippen LogP contribution in [0.25, 0.3) is 0 Å². The molecule has 0 aromatic heterocycles. The molecule has 6 heteroatoms. The Bertz CT molecular complexity index is 491. The van der Waals surface area contributed by atoms with Crippen molar-refractivity contribution in [3.63, 3.8) is 0 Å². The summed E-state index contributed by atoms with van der Waals surface area (Å²) in [6, 6.07) is 3.17. The number of carboxylic acid groups (broad SMARTS) is 1. The Balaban J connectivity index is 2.79.